The third-order valence-corrected chi connectivity index (χ3v) is 4.41. The predicted molar refractivity (Wildman–Crippen MR) is 102 cm³/mol. The fourth-order valence-corrected chi connectivity index (χ4v) is 2.85. The zero-order valence-corrected chi connectivity index (χ0v) is 15.6. The van der Waals surface area contributed by atoms with Crippen molar-refractivity contribution in [2.75, 3.05) is 24.4 Å². The van der Waals surface area contributed by atoms with E-state index in [9.17, 15) is 14.4 Å². The summed E-state index contributed by atoms with van der Waals surface area (Å²) in [7, 11) is 2.87. The van der Waals surface area contributed by atoms with Crippen LogP contribution in [0, 0.1) is 0 Å². The van der Waals surface area contributed by atoms with Gasteiger partial charge in [0.2, 0.25) is 0 Å². The van der Waals surface area contributed by atoms with Crippen LogP contribution in [0.1, 0.15) is 10.4 Å². The molecule has 8 nitrogen and oxygen atoms in total. The molecule has 0 bridgehead atoms. The number of halogens is 1. The van der Waals surface area contributed by atoms with E-state index in [0.717, 1.165) is 4.90 Å². The number of carbonyl (C=O) groups is 3. The minimum atomic E-state index is -1.08. The van der Waals surface area contributed by atoms with E-state index in [2.05, 4.69) is 5.32 Å². The Bertz CT molecular complexity index is 1000. The maximum Gasteiger partial charge on any atom is 0.335 e. The number of aromatic carboxylic acids is 1. The number of anilines is 2. The molecule has 0 radical (unpaired) electrons. The van der Waals surface area contributed by atoms with Crippen LogP contribution >= 0.6 is 11.6 Å². The first kappa shape index (κ1) is 19.2. The normalized spacial score (nSPS) is 13.8. The van der Waals surface area contributed by atoms with Gasteiger partial charge in [0.15, 0.2) is 0 Å². The van der Waals surface area contributed by atoms with E-state index in [0.29, 0.717) is 17.2 Å². The Labute approximate surface area is 164 Å². The largest absolute Gasteiger partial charge is 0.497 e. The third-order valence-electron chi connectivity index (χ3n) is 4.06. The van der Waals surface area contributed by atoms with Gasteiger partial charge < -0.3 is 19.9 Å². The van der Waals surface area contributed by atoms with Gasteiger partial charge in [-0.3, -0.25) is 9.59 Å². The topological polar surface area (TPSA) is 105 Å². The second-order valence-electron chi connectivity index (χ2n) is 5.68. The summed E-state index contributed by atoms with van der Waals surface area (Å²) in [6.45, 7) is 0. The molecule has 144 valence electrons. The Morgan fingerprint density at radius 2 is 1.71 bits per heavy atom. The van der Waals surface area contributed by atoms with Crippen molar-refractivity contribution in [1.82, 2.24) is 0 Å². The first-order valence-corrected chi connectivity index (χ1v) is 8.36. The van der Waals surface area contributed by atoms with Crippen molar-refractivity contribution in [3.8, 4) is 11.5 Å². The van der Waals surface area contributed by atoms with Crippen LogP contribution in [0.3, 0.4) is 0 Å². The van der Waals surface area contributed by atoms with Crippen molar-refractivity contribution in [2.24, 2.45) is 0 Å². The lowest BCUT2D eigenvalue weighted by atomic mass is 10.2. The maximum atomic E-state index is 12.9. The number of hydrogen-bond acceptors (Lipinski definition) is 6. The number of benzene rings is 2. The molecule has 3 rings (SSSR count). The number of carboxylic acid groups (broad SMARTS) is 1. The van der Waals surface area contributed by atoms with Gasteiger partial charge in [0.05, 0.1) is 25.5 Å². The predicted octanol–water partition coefficient (Wildman–Crippen LogP) is 2.84. The zero-order chi connectivity index (χ0) is 20.4. The molecule has 0 saturated carbocycles. The van der Waals surface area contributed by atoms with Gasteiger partial charge in [0.1, 0.15) is 22.2 Å². The highest BCUT2D eigenvalue weighted by molar-refractivity contribution is 6.53. The number of ether oxygens (including phenoxy) is 2. The molecule has 1 aliphatic heterocycles. The standard InChI is InChI=1S/C19H15ClN2O6/c1-27-12-7-8-14(28-2)13(9-12)22-17(23)15(20)16(18(22)24)21-11-5-3-10(4-6-11)19(25)26/h3-9,21H,1-2H3,(H,25,26). The van der Waals surface area contributed by atoms with Crippen molar-refractivity contribution in [3.63, 3.8) is 0 Å². The first-order valence-electron chi connectivity index (χ1n) is 7.98. The molecule has 0 fully saturated rings. The van der Waals surface area contributed by atoms with E-state index in [-0.39, 0.29) is 22.0 Å². The van der Waals surface area contributed by atoms with Crippen molar-refractivity contribution in [3.05, 3.63) is 58.8 Å². The molecule has 0 unspecified atom stereocenters. The number of hydrogen-bond donors (Lipinski definition) is 2. The molecule has 0 aliphatic carbocycles. The second kappa shape index (κ2) is 7.61. The van der Waals surface area contributed by atoms with Gasteiger partial charge in [-0.05, 0) is 36.4 Å². The Morgan fingerprint density at radius 1 is 1.04 bits per heavy atom. The quantitative estimate of drug-likeness (QED) is 0.715. The molecule has 2 amide bonds. The third kappa shape index (κ3) is 3.37. The molecule has 9 heteroatoms. The Hall–Kier alpha value is -3.52. The van der Waals surface area contributed by atoms with Crippen LogP contribution < -0.4 is 19.7 Å². The number of nitrogens with one attached hydrogen (secondary N) is 1. The number of nitrogens with zero attached hydrogens (tertiary/aromatic N) is 1. The van der Waals surface area contributed by atoms with E-state index in [1.165, 1.54) is 44.6 Å². The SMILES string of the molecule is COc1ccc(OC)c(N2C(=O)C(Cl)=C(Nc3ccc(C(=O)O)cc3)C2=O)c1. The van der Waals surface area contributed by atoms with Gasteiger partial charge in [-0.1, -0.05) is 11.6 Å². The van der Waals surface area contributed by atoms with Gasteiger partial charge in [-0.2, -0.15) is 0 Å². The average Bonchev–Trinajstić information content (AvgIpc) is 2.91. The molecule has 0 aromatic heterocycles. The van der Waals surface area contributed by atoms with Crippen LogP contribution in [0.5, 0.6) is 11.5 Å². The summed E-state index contributed by atoms with van der Waals surface area (Å²) >= 11 is 6.11. The molecular weight excluding hydrogens is 388 g/mol. The summed E-state index contributed by atoms with van der Waals surface area (Å²) in [5.41, 5.74) is 0.550. The monoisotopic (exact) mass is 402 g/mol. The highest BCUT2D eigenvalue weighted by Crippen LogP contribution is 2.37. The lowest BCUT2D eigenvalue weighted by Gasteiger charge is -2.19. The summed E-state index contributed by atoms with van der Waals surface area (Å²) in [5, 5.41) is 11.4. The number of carbonyl (C=O) groups excluding carboxylic acids is 2. The van der Waals surface area contributed by atoms with Crippen LogP contribution in [0.2, 0.25) is 0 Å². The maximum absolute atomic E-state index is 12.9. The molecule has 1 aliphatic rings. The molecule has 0 saturated heterocycles. The molecule has 28 heavy (non-hydrogen) atoms. The van der Waals surface area contributed by atoms with Gasteiger partial charge in [0, 0.05) is 11.8 Å². The van der Waals surface area contributed by atoms with Gasteiger partial charge in [-0.25, -0.2) is 9.69 Å². The minimum absolute atomic E-state index is 0.0854. The first-order chi connectivity index (χ1) is 13.4. The lowest BCUT2D eigenvalue weighted by molar-refractivity contribution is -0.120. The highest BCUT2D eigenvalue weighted by atomic mass is 35.5. The molecule has 2 aromatic rings. The van der Waals surface area contributed by atoms with Gasteiger partial charge >= 0.3 is 5.97 Å². The van der Waals surface area contributed by atoms with Crippen LogP contribution in [0.25, 0.3) is 0 Å². The molecule has 2 aromatic carbocycles. The molecule has 0 spiro atoms. The molecule has 0 atom stereocenters. The van der Waals surface area contributed by atoms with Gasteiger partial charge in [0.25, 0.3) is 11.8 Å². The Morgan fingerprint density at radius 3 is 2.29 bits per heavy atom. The smallest absolute Gasteiger partial charge is 0.335 e. The van der Waals surface area contributed by atoms with E-state index in [4.69, 9.17) is 26.2 Å². The number of rotatable bonds is 6. The number of methoxy groups -OCH3 is 2. The Kier molecular flexibility index (Phi) is 5.23. The highest BCUT2D eigenvalue weighted by Gasteiger charge is 2.40. The van der Waals surface area contributed by atoms with Crippen molar-refractivity contribution in [1.29, 1.82) is 0 Å². The van der Waals surface area contributed by atoms with E-state index in [1.54, 1.807) is 12.1 Å². The van der Waals surface area contributed by atoms with E-state index >= 15 is 0 Å². The van der Waals surface area contributed by atoms with Crippen LogP contribution in [0.4, 0.5) is 11.4 Å². The van der Waals surface area contributed by atoms with Crippen molar-refractivity contribution < 1.29 is 29.0 Å². The van der Waals surface area contributed by atoms with Crippen molar-refractivity contribution >= 4 is 40.8 Å². The second-order valence-corrected chi connectivity index (χ2v) is 6.06. The number of carboxylic acids is 1. The average molecular weight is 403 g/mol. The zero-order valence-electron chi connectivity index (χ0n) is 14.9. The lowest BCUT2D eigenvalue weighted by Crippen LogP contribution is -2.32. The van der Waals surface area contributed by atoms with E-state index in [1.807, 2.05) is 0 Å². The number of imide groups is 1. The van der Waals surface area contributed by atoms with Crippen LogP contribution in [0.15, 0.2) is 53.2 Å². The number of amides is 2. The molecular formula is C19H15ClN2O6. The summed E-state index contributed by atoms with van der Waals surface area (Å²) in [6.07, 6.45) is 0. The summed E-state index contributed by atoms with van der Waals surface area (Å²) in [6, 6.07) is 10.3. The summed E-state index contributed by atoms with van der Waals surface area (Å²) < 4.78 is 10.4. The fraction of sp³-hybridized carbons (Fsp3) is 0.105. The summed E-state index contributed by atoms with van der Waals surface area (Å²) in [5.74, 6) is -1.75. The fourth-order valence-electron chi connectivity index (χ4n) is 2.64. The summed E-state index contributed by atoms with van der Waals surface area (Å²) in [4.78, 5) is 37.3. The van der Waals surface area contributed by atoms with Crippen LogP contribution in [-0.2, 0) is 9.59 Å². The molecule has 1 heterocycles. The molecule has 2 N–H and O–H groups in total. The minimum Gasteiger partial charge on any atom is -0.497 e. The Balaban J connectivity index is 1.93. The van der Waals surface area contributed by atoms with E-state index < -0.39 is 17.8 Å². The van der Waals surface area contributed by atoms with Gasteiger partial charge in [-0.15, -0.1) is 0 Å². The van der Waals surface area contributed by atoms with Crippen molar-refractivity contribution in [2.45, 2.75) is 0 Å². The van der Waals surface area contributed by atoms with Crippen LogP contribution in [-0.4, -0.2) is 37.1 Å².